The second kappa shape index (κ2) is 7.59. The molecule has 1 heterocycles. The SMILES string of the molecule is CC(C)CN(CCC(N)=NO)CC1CCC(C)O1. The van der Waals surface area contributed by atoms with Gasteiger partial charge in [0, 0.05) is 26.1 Å². The second-order valence-electron chi connectivity index (χ2n) is 5.64. The van der Waals surface area contributed by atoms with Gasteiger partial charge in [-0.25, -0.2) is 0 Å². The number of oxime groups is 1. The van der Waals surface area contributed by atoms with Crippen LogP contribution in [0.5, 0.6) is 0 Å². The maximum Gasteiger partial charge on any atom is 0.140 e. The van der Waals surface area contributed by atoms with Gasteiger partial charge in [0.2, 0.25) is 0 Å². The third-order valence-electron chi connectivity index (χ3n) is 3.22. The molecule has 0 aromatic rings. The Kier molecular flexibility index (Phi) is 6.43. The van der Waals surface area contributed by atoms with E-state index in [1.54, 1.807) is 0 Å². The average Bonchev–Trinajstić information content (AvgIpc) is 2.70. The van der Waals surface area contributed by atoms with E-state index in [2.05, 4.69) is 30.8 Å². The molecular formula is C13H27N3O2. The number of hydrogen-bond donors (Lipinski definition) is 2. The van der Waals surface area contributed by atoms with Gasteiger partial charge in [-0.15, -0.1) is 0 Å². The molecule has 0 bridgehead atoms. The van der Waals surface area contributed by atoms with E-state index in [0.717, 1.165) is 32.5 Å². The van der Waals surface area contributed by atoms with Gasteiger partial charge >= 0.3 is 0 Å². The molecule has 0 radical (unpaired) electrons. The molecule has 0 saturated carbocycles. The van der Waals surface area contributed by atoms with E-state index in [-0.39, 0.29) is 0 Å². The van der Waals surface area contributed by atoms with Crippen LogP contribution in [0.4, 0.5) is 0 Å². The smallest absolute Gasteiger partial charge is 0.140 e. The van der Waals surface area contributed by atoms with Crippen LogP contribution in [-0.2, 0) is 4.74 Å². The van der Waals surface area contributed by atoms with E-state index >= 15 is 0 Å². The Morgan fingerprint density at radius 2 is 2.22 bits per heavy atom. The Labute approximate surface area is 110 Å². The molecule has 3 N–H and O–H groups in total. The summed E-state index contributed by atoms with van der Waals surface area (Å²) in [7, 11) is 0. The summed E-state index contributed by atoms with van der Waals surface area (Å²) in [5.74, 6) is 0.903. The molecule has 18 heavy (non-hydrogen) atoms. The van der Waals surface area contributed by atoms with E-state index in [9.17, 15) is 0 Å². The molecule has 2 unspecified atom stereocenters. The van der Waals surface area contributed by atoms with Gasteiger partial charge in [0.1, 0.15) is 5.84 Å². The fraction of sp³-hybridized carbons (Fsp3) is 0.923. The summed E-state index contributed by atoms with van der Waals surface area (Å²) in [6.45, 7) is 9.32. The zero-order chi connectivity index (χ0) is 13.5. The summed E-state index contributed by atoms with van der Waals surface area (Å²) in [6, 6.07) is 0. The van der Waals surface area contributed by atoms with Crippen LogP contribution in [0.25, 0.3) is 0 Å². The molecule has 5 nitrogen and oxygen atoms in total. The molecule has 0 spiro atoms. The topological polar surface area (TPSA) is 71.1 Å². The van der Waals surface area contributed by atoms with Gasteiger partial charge < -0.3 is 20.6 Å². The minimum atomic E-state index is 0.296. The van der Waals surface area contributed by atoms with Gasteiger partial charge in [0.25, 0.3) is 0 Å². The van der Waals surface area contributed by atoms with Crippen LogP contribution in [0.1, 0.15) is 40.0 Å². The van der Waals surface area contributed by atoms with Crippen LogP contribution >= 0.6 is 0 Å². The first-order chi connectivity index (χ1) is 8.51. The Balaban J connectivity index is 2.39. The van der Waals surface area contributed by atoms with Gasteiger partial charge in [0.15, 0.2) is 0 Å². The fourth-order valence-electron chi connectivity index (χ4n) is 2.40. The Bertz CT molecular complexity index is 269. The quantitative estimate of drug-likeness (QED) is 0.315. The molecule has 1 aliphatic rings. The van der Waals surface area contributed by atoms with Crippen molar-refractivity contribution >= 4 is 5.84 Å². The molecular weight excluding hydrogens is 230 g/mol. The zero-order valence-electron chi connectivity index (χ0n) is 11.8. The summed E-state index contributed by atoms with van der Waals surface area (Å²) in [4.78, 5) is 2.35. The summed E-state index contributed by atoms with van der Waals surface area (Å²) in [6.07, 6.45) is 3.62. The van der Waals surface area contributed by atoms with Crippen molar-refractivity contribution in [1.29, 1.82) is 0 Å². The summed E-state index contributed by atoms with van der Waals surface area (Å²) in [5, 5.41) is 11.6. The standard InChI is InChI=1S/C13H27N3O2/c1-10(2)8-16(7-6-13(14)15-17)9-12-5-4-11(3)18-12/h10-12,17H,4-9H2,1-3H3,(H2,14,15). The molecule has 0 aromatic carbocycles. The van der Waals surface area contributed by atoms with Crippen molar-refractivity contribution < 1.29 is 9.94 Å². The van der Waals surface area contributed by atoms with Crippen LogP contribution in [0.2, 0.25) is 0 Å². The molecule has 0 amide bonds. The normalized spacial score (nSPS) is 25.3. The average molecular weight is 257 g/mol. The maximum absolute atomic E-state index is 8.57. The first kappa shape index (κ1) is 15.2. The highest BCUT2D eigenvalue weighted by atomic mass is 16.5. The molecule has 106 valence electrons. The van der Waals surface area contributed by atoms with Gasteiger partial charge in [-0.05, 0) is 25.7 Å². The lowest BCUT2D eigenvalue weighted by molar-refractivity contribution is 0.0297. The van der Waals surface area contributed by atoms with Gasteiger partial charge in [-0.1, -0.05) is 19.0 Å². The van der Waals surface area contributed by atoms with Crippen molar-refractivity contribution in [3.05, 3.63) is 0 Å². The molecule has 0 aliphatic carbocycles. The molecule has 1 saturated heterocycles. The number of rotatable bonds is 7. The second-order valence-corrected chi connectivity index (χ2v) is 5.64. The van der Waals surface area contributed by atoms with E-state index in [0.29, 0.717) is 30.4 Å². The maximum atomic E-state index is 8.57. The number of amidine groups is 1. The first-order valence-electron chi connectivity index (χ1n) is 6.85. The third kappa shape index (κ3) is 5.69. The molecule has 1 fully saturated rings. The number of ether oxygens (including phenoxy) is 1. The van der Waals surface area contributed by atoms with E-state index in [4.69, 9.17) is 15.7 Å². The first-order valence-corrected chi connectivity index (χ1v) is 6.85. The van der Waals surface area contributed by atoms with Crippen molar-refractivity contribution in [2.45, 2.75) is 52.2 Å². The summed E-state index contributed by atoms with van der Waals surface area (Å²) >= 11 is 0. The van der Waals surface area contributed by atoms with Gasteiger partial charge in [-0.2, -0.15) is 0 Å². The zero-order valence-corrected chi connectivity index (χ0v) is 11.8. The van der Waals surface area contributed by atoms with E-state index in [1.807, 2.05) is 0 Å². The van der Waals surface area contributed by atoms with Crippen molar-refractivity contribution in [2.24, 2.45) is 16.8 Å². The Morgan fingerprint density at radius 1 is 1.50 bits per heavy atom. The van der Waals surface area contributed by atoms with Crippen LogP contribution in [-0.4, -0.2) is 47.8 Å². The lowest BCUT2D eigenvalue weighted by Crippen LogP contribution is -2.37. The van der Waals surface area contributed by atoms with E-state index < -0.39 is 0 Å². The number of hydrogen-bond acceptors (Lipinski definition) is 4. The van der Waals surface area contributed by atoms with Gasteiger partial charge in [-0.3, -0.25) is 0 Å². The van der Waals surface area contributed by atoms with Crippen LogP contribution in [0, 0.1) is 5.92 Å². The molecule has 2 atom stereocenters. The molecule has 1 aliphatic heterocycles. The molecule has 0 aromatic heterocycles. The molecule has 5 heteroatoms. The Hall–Kier alpha value is -0.810. The van der Waals surface area contributed by atoms with Crippen molar-refractivity contribution in [2.75, 3.05) is 19.6 Å². The number of nitrogens with zero attached hydrogens (tertiary/aromatic N) is 2. The van der Waals surface area contributed by atoms with Crippen LogP contribution in [0.3, 0.4) is 0 Å². The van der Waals surface area contributed by atoms with Crippen molar-refractivity contribution in [1.82, 2.24) is 4.90 Å². The monoisotopic (exact) mass is 257 g/mol. The minimum absolute atomic E-state index is 0.296. The van der Waals surface area contributed by atoms with Crippen LogP contribution in [0.15, 0.2) is 5.16 Å². The predicted molar refractivity (Wildman–Crippen MR) is 72.9 cm³/mol. The highest BCUT2D eigenvalue weighted by Crippen LogP contribution is 2.20. The summed E-state index contributed by atoms with van der Waals surface area (Å²) < 4.78 is 5.85. The number of nitrogens with two attached hydrogens (primary N) is 1. The van der Waals surface area contributed by atoms with Crippen LogP contribution < -0.4 is 5.73 Å². The lowest BCUT2D eigenvalue weighted by Gasteiger charge is -2.26. The van der Waals surface area contributed by atoms with E-state index in [1.165, 1.54) is 0 Å². The van der Waals surface area contributed by atoms with Crippen molar-refractivity contribution in [3.8, 4) is 0 Å². The minimum Gasteiger partial charge on any atom is -0.409 e. The molecule has 1 rings (SSSR count). The highest BCUT2D eigenvalue weighted by molar-refractivity contribution is 5.79. The largest absolute Gasteiger partial charge is 0.409 e. The fourth-order valence-corrected chi connectivity index (χ4v) is 2.40. The highest BCUT2D eigenvalue weighted by Gasteiger charge is 2.24. The Morgan fingerprint density at radius 3 is 2.72 bits per heavy atom. The van der Waals surface area contributed by atoms with Crippen molar-refractivity contribution in [3.63, 3.8) is 0 Å². The predicted octanol–water partition coefficient (Wildman–Crippen LogP) is 1.65. The summed E-state index contributed by atoms with van der Waals surface area (Å²) in [5.41, 5.74) is 5.52. The lowest BCUT2D eigenvalue weighted by atomic mass is 10.1. The third-order valence-corrected chi connectivity index (χ3v) is 3.22. The van der Waals surface area contributed by atoms with Gasteiger partial charge in [0.05, 0.1) is 12.2 Å².